The summed E-state index contributed by atoms with van der Waals surface area (Å²) in [6.07, 6.45) is 0. The highest BCUT2D eigenvalue weighted by atomic mass is 35.5. The summed E-state index contributed by atoms with van der Waals surface area (Å²) in [6, 6.07) is 12.0. The average Bonchev–Trinajstić information content (AvgIpc) is 2.79. The molecule has 5 nitrogen and oxygen atoms in total. The first-order chi connectivity index (χ1) is 10.5. The van der Waals surface area contributed by atoms with Crippen LogP contribution in [0.4, 0.5) is 0 Å². The summed E-state index contributed by atoms with van der Waals surface area (Å²) in [6.45, 7) is 0. The van der Waals surface area contributed by atoms with Crippen LogP contribution >= 0.6 is 11.6 Å². The molecule has 0 amide bonds. The summed E-state index contributed by atoms with van der Waals surface area (Å²) >= 11 is 5.89. The van der Waals surface area contributed by atoms with Crippen molar-refractivity contribution in [3.8, 4) is 5.69 Å². The lowest BCUT2D eigenvalue weighted by atomic mass is 10.2. The second-order valence-electron chi connectivity index (χ2n) is 4.85. The molecule has 0 spiro atoms. The first kappa shape index (κ1) is 14.4. The Kier molecular flexibility index (Phi) is 3.50. The van der Waals surface area contributed by atoms with Gasteiger partial charge in [0.25, 0.3) is 0 Å². The zero-order valence-electron chi connectivity index (χ0n) is 12.0. The Balaban J connectivity index is 2.32. The molecule has 0 N–H and O–H groups in total. The van der Waals surface area contributed by atoms with Crippen LogP contribution in [0.3, 0.4) is 0 Å². The lowest BCUT2D eigenvalue weighted by molar-refractivity contribution is 0.0601. The second kappa shape index (κ2) is 5.35. The van der Waals surface area contributed by atoms with Gasteiger partial charge in [-0.05, 0) is 42.5 Å². The molecule has 0 fully saturated rings. The average molecular weight is 317 g/mol. The molecule has 0 bridgehead atoms. The lowest BCUT2D eigenvalue weighted by Gasteiger charge is -2.04. The molecule has 0 unspecified atom stereocenters. The van der Waals surface area contributed by atoms with Crippen molar-refractivity contribution in [3.63, 3.8) is 0 Å². The summed E-state index contributed by atoms with van der Waals surface area (Å²) in [7, 11) is 3.01. The fraction of sp³-hybridized carbons (Fsp3) is 0.125. The van der Waals surface area contributed by atoms with E-state index in [1.54, 1.807) is 49.5 Å². The van der Waals surface area contributed by atoms with Crippen LogP contribution in [0.2, 0.25) is 5.02 Å². The van der Waals surface area contributed by atoms with Crippen molar-refractivity contribution < 1.29 is 9.53 Å². The van der Waals surface area contributed by atoms with E-state index in [1.165, 1.54) is 16.2 Å². The molecule has 0 aliphatic rings. The minimum atomic E-state index is -0.444. The topological polar surface area (TPSA) is 53.2 Å². The van der Waals surface area contributed by atoms with E-state index < -0.39 is 5.97 Å². The van der Waals surface area contributed by atoms with Gasteiger partial charge in [0.2, 0.25) is 0 Å². The molecule has 1 heterocycles. The number of aryl methyl sites for hydroxylation is 1. The number of nitrogens with zero attached hydrogens (tertiary/aromatic N) is 2. The highest BCUT2D eigenvalue weighted by molar-refractivity contribution is 6.30. The Bertz CT molecular complexity index is 923. The number of hydrogen-bond acceptors (Lipinski definition) is 3. The van der Waals surface area contributed by atoms with Gasteiger partial charge in [-0.1, -0.05) is 11.6 Å². The normalized spacial score (nSPS) is 10.9. The van der Waals surface area contributed by atoms with Crippen LogP contribution < -0.4 is 5.69 Å². The number of aromatic nitrogens is 2. The summed E-state index contributed by atoms with van der Waals surface area (Å²) < 4.78 is 7.81. The third-order valence-corrected chi connectivity index (χ3v) is 3.81. The van der Waals surface area contributed by atoms with E-state index in [0.717, 1.165) is 5.52 Å². The Labute approximate surface area is 131 Å². The first-order valence-corrected chi connectivity index (χ1v) is 6.96. The standard InChI is InChI=1S/C16H13ClN2O3/c1-18-13-8-3-10(15(20)22-2)9-14(13)19(16(18)21)12-6-4-11(17)5-7-12/h3-9H,1-2H3. The third kappa shape index (κ3) is 2.19. The zero-order valence-corrected chi connectivity index (χ0v) is 12.8. The molecular formula is C16H13ClN2O3. The molecule has 0 aliphatic carbocycles. The smallest absolute Gasteiger partial charge is 0.337 e. The SMILES string of the molecule is COC(=O)c1ccc2c(c1)n(-c1ccc(Cl)cc1)c(=O)n2C. The Morgan fingerprint density at radius 3 is 2.41 bits per heavy atom. The van der Waals surface area contributed by atoms with Gasteiger partial charge in [0, 0.05) is 12.1 Å². The van der Waals surface area contributed by atoms with Crippen molar-refractivity contribution in [2.75, 3.05) is 7.11 Å². The number of fused-ring (bicyclic) bond motifs is 1. The molecule has 0 saturated heterocycles. The van der Waals surface area contributed by atoms with Crippen LogP contribution in [-0.4, -0.2) is 22.2 Å². The molecule has 0 aliphatic heterocycles. The van der Waals surface area contributed by atoms with Crippen molar-refractivity contribution in [2.24, 2.45) is 7.05 Å². The Hall–Kier alpha value is -2.53. The van der Waals surface area contributed by atoms with Crippen LogP contribution in [0.5, 0.6) is 0 Å². The summed E-state index contributed by atoms with van der Waals surface area (Å²) in [5.74, 6) is -0.444. The van der Waals surface area contributed by atoms with Gasteiger partial charge in [-0.25, -0.2) is 9.59 Å². The molecule has 0 radical (unpaired) electrons. The summed E-state index contributed by atoms with van der Waals surface area (Å²) in [5.41, 5.74) is 2.25. The quantitative estimate of drug-likeness (QED) is 0.683. The molecule has 0 atom stereocenters. The van der Waals surface area contributed by atoms with Crippen molar-refractivity contribution in [1.29, 1.82) is 0 Å². The number of methoxy groups -OCH3 is 1. The van der Waals surface area contributed by atoms with E-state index in [9.17, 15) is 9.59 Å². The number of carbonyl (C=O) groups excluding carboxylic acids is 1. The number of benzene rings is 2. The van der Waals surface area contributed by atoms with Crippen LogP contribution in [-0.2, 0) is 11.8 Å². The lowest BCUT2D eigenvalue weighted by Crippen LogP contribution is -2.20. The molecule has 2 aromatic carbocycles. The minimum absolute atomic E-state index is 0.195. The van der Waals surface area contributed by atoms with E-state index in [4.69, 9.17) is 16.3 Å². The highest BCUT2D eigenvalue weighted by Crippen LogP contribution is 2.20. The number of carbonyl (C=O) groups is 1. The van der Waals surface area contributed by atoms with Gasteiger partial charge in [0.05, 0.1) is 29.4 Å². The van der Waals surface area contributed by atoms with Crippen LogP contribution in [0.1, 0.15) is 10.4 Å². The number of rotatable bonds is 2. The van der Waals surface area contributed by atoms with E-state index in [2.05, 4.69) is 0 Å². The molecule has 1 aromatic heterocycles. The molecule has 112 valence electrons. The second-order valence-corrected chi connectivity index (χ2v) is 5.28. The maximum Gasteiger partial charge on any atom is 0.337 e. The number of esters is 1. The van der Waals surface area contributed by atoms with Crippen molar-refractivity contribution in [2.45, 2.75) is 0 Å². The number of ether oxygens (including phenoxy) is 1. The van der Waals surface area contributed by atoms with Gasteiger partial charge in [-0.2, -0.15) is 0 Å². The molecule has 3 aromatic rings. The van der Waals surface area contributed by atoms with E-state index in [-0.39, 0.29) is 5.69 Å². The molecule has 22 heavy (non-hydrogen) atoms. The van der Waals surface area contributed by atoms with Gasteiger partial charge >= 0.3 is 11.7 Å². The maximum absolute atomic E-state index is 12.5. The van der Waals surface area contributed by atoms with E-state index in [1.807, 2.05) is 0 Å². The van der Waals surface area contributed by atoms with Gasteiger partial charge in [0.15, 0.2) is 0 Å². The fourth-order valence-electron chi connectivity index (χ4n) is 2.43. The monoisotopic (exact) mass is 316 g/mol. The summed E-state index contributed by atoms with van der Waals surface area (Å²) in [5, 5.41) is 0.590. The Morgan fingerprint density at radius 1 is 1.09 bits per heavy atom. The predicted octanol–water partition coefficient (Wildman–Crippen LogP) is 2.77. The zero-order chi connectivity index (χ0) is 15.9. The summed E-state index contributed by atoms with van der Waals surface area (Å²) in [4.78, 5) is 24.2. The molecular weight excluding hydrogens is 304 g/mol. The van der Waals surface area contributed by atoms with E-state index in [0.29, 0.717) is 21.8 Å². The first-order valence-electron chi connectivity index (χ1n) is 6.58. The van der Waals surface area contributed by atoms with Gasteiger partial charge in [0.1, 0.15) is 0 Å². The largest absolute Gasteiger partial charge is 0.465 e. The highest BCUT2D eigenvalue weighted by Gasteiger charge is 2.15. The van der Waals surface area contributed by atoms with Crippen LogP contribution in [0, 0.1) is 0 Å². The van der Waals surface area contributed by atoms with E-state index >= 15 is 0 Å². The van der Waals surface area contributed by atoms with Gasteiger partial charge in [-0.15, -0.1) is 0 Å². The van der Waals surface area contributed by atoms with Crippen molar-refractivity contribution in [3.05, 3.63) is 63.5 Å². The predicted molar refractivity (Wildman–Crippen MR) is 84.9 cm³/mol. The van der Waals surface area contributed by atoms with Gasteiger partial charge < -0.3 is 4.74 Å². The van der Waals surface area contributed by atoms with Crippen LogP contribution in [0.25, 0.3) is 16.7 Å². The molecule has 0 saturated carbocycles. The molecule has 3 rings (SSSR count). The van der Waals surface area contributed by atoms with Crippen LogP contribution in [0.15, 0.2) is 47.3 Å². The third-order valence-electron chi connectivity index (χ3n) is 3.56. The minimum Gasteiger partial charge on any atom is -0.465 e. The number of hydrogen-bond donors (Lipinski definition) is 0. The van der Waals surface area contributed by atoms with Crippen molar-refractivity contribution in [1.82, 2.24) is 9.13 Å². The van der Waals surface area contributed by atoms with Crippen molar-refractivity contribution >= 4 is 28.6 Å². The number of imidazole rings is 1. The van der Waals surface area contributed by atoms with Gasteiger partial charge in [-0.3, -0.25) is 9.13 Å². The molecule has 6 heteroatoms. The maximum atomic E-state index is 12.5. The fourth-order valence-corrected chi connectivity index (χ4v) is 2.55. The Morgan fingerprint density at radius 2 is 1.77 bits per heavy atom. The number of halogens is 1.